The molecule has 0 saturated heterocycles. The molecular weight excluding hydrogens is 292 g/mol. The summed E-state index contributed by atoms with van der Waals surface area (Å²) >= 11 is 0. The number of carbonyl (C=O) groups is 1. The van der Waals surface area contributed by atoms with Crippen molar-refractivity contribution in [3.8, 4) is 11.5 Å². The van der Waals surface area contributed by atoms with E-state index in [1.807, 2.05) is 42.3 Å². The molecule has 0 aliphatic rings. The van der Waals surface area contributed by atoms with Crippen LogP contribution >= 0.6 is 0 Å². The van der Waals surface area contributed by atoms with E-state index in [0.717, 1.165) is 5.69 Å². The number of hydrogen-bond donors (Lipinski definition) is 1. The Balaban J connectivity index is 1.94. The van der Waals surface area contributed by atoms with Crippen LogP contribution < -0.4 is 19.7 Å². The van der Waals surface area contributed by atoms with E-state index in [2.05, 4.69) is 5.32 Å². The van der Waals surface area contributed by atoms with Gasteiger partial charge in [-0.2, -0.15) is 0 Å². The molecule has 0 aliphatic carbocycles. The van der Waals surface area contributed by atoms with E-state index in [9.17, 15) is 4.79 Å². The van der Waals surface area contributed by atoms with Crippen molar-refractivity contribution in [2.75, 3.05) is 38.0 Å². The van der Waals surface area contributed by atoms with Crippen LogP contribution in [0, 0.1) is 0 Å². The lowest BCUT2D eigenvalue weighted by molar-refractivity contribution is -0.116. The Bertz CT molecular complexity index is 644. The minimum atomic E-state index is -0.0701. The van der Waals surface area contributed by atoms with Crippen molar-refractivity contribution in [3.05, 3.63) is 48.5 Å². The van der Waals surface area contributed by atoms with Gasteiger partial charge in [-0.3, -0.25) is 4.79 Å². The first-order chi connectivity index (χ1) is 11.1. The van der Waals surface area contributed by atoms with E-state index in [4.69, 9.17) is 9.47 Å². The first-order valence-corrected chi connectivity index (χ1v) is 7.42. The van der Waals surface area contributed by atoms with Crippen LogP contribution in [0.4, 0.5) is 11.4 Å². The van der Waals surface area contributed by atoms with Gasteiger partial charge in [0.2, 0.25) is 5.91 Å². The molecule has 0 spiro atoms. The van der Waals surface area contributed by atoms with E-state index >= 15 is 0 Å². The number of rotatable bonds is 7. The summed E-state index contributed by atoms with van der Waals surface area (Å²) in [6.07, 6.45) is 0.381. The van der Waals surface area contributed by atoms with Crippen molar-refractivity contribution in [1.82, 2.24) is 0 Å². The van der Waals surface area contributed by atoms with E-state index in [-0.39, 0.29) is 5.91 Å². The molecule has 0 saturated carbocycles. The zero-order valence-electron chi connectivity index (χ0n) is 13.7. The van der Waals surface area contributed by atoms with Crippen molar-refractivity contribution in [2.45, 2.75) is 6.42 Å². The second-order valence-electron chi connectivity index (χ2n) is 5.12. The SMILES string of the molecule is COc1ccc(OC)c(NC(=O)CCN(C)c2ccccc2)c1. The number of hydrogen-bond acceptors (Lipinski definition) is 4. The number of carbonyl (C=O) groups excluding carboxylic acids is 1. The van der Waals surface area contributed by atoms with Gasteiger partial charge in [-0.15, -0.1) is 0 Å². The molecule has 5 nitrogen and oxygen atoms in total. The Morgan fingerprint density at radius 2 is 1.83 bits per heavy atom. The monoisotopic (exact) mass is 314 g/mol. The maximum Gasteiger partial charge on any atom is 0.226 e. The minimum absolute atomic E-state index is 0.0701. The summed E-state index contributed by atoms with van der Waals surface area (Å²) in [5, 5.41) is 2.87. The molecule has 1 N–H and O–H groups in total. The lowest BCUT2D eigenvalue weighted by Gasteiger charge is -2.19. The summed E-state index contributed by atoms with van der Waals surface area (Å²) in [5.41, 5.74) is 1.69. The molecule has 0 aliphatic heterocycles. The highest BCUT2D eigenvalue weighted by molar-refractivity contribution is 5.92. The fraction of sp³-hybridized carbons (Fsp3) is 0.278. The third-order valence-corrected chi connectivity index (χ3v) is 3.55. The molecule has 0 aromatic heterocycles. The van der Waals surface area contributed by atoms with Crippen LogP contribution in [0.1, 0.15) is 6.42 Å². The van der Waals surface area contributed by atoms with Crippen molar-refractivity contribution in [2.24, 2.45) is 0 Å². The van der Waals surface area contributed by atoms with Gasteiger partial charge in [-0.1, -0.05) is 18.2 Å². The summed E-state index contributed by atoms with van der Waals surface area (Å²) in [4.78, 5) is 14.2. The number of anilines is 2. The highest BCUT2D eigenvalue weighted by Gasteiger charge is 2.10. The third kappa shape index (κ3) is 4.64. The highest BCUT2D eigenvalue weighted by atomic mass is 16.5. The maximum absolute atomic E-state index is 12.2. The highest BCUT2D eigenvalue weighted by Crippen LogP contribution is 2.28. The van der Waals surface area contributed by atoms with Gasteiger partial charge in [0, 0.05) is 31.8 Å². The number of benzene rings is 2. The quantitative estimate of drug-likeness (QED) is 0.853. The van der Waals surface area contributed by atoms with Gasteiger partial charge in [-0.25, -0.2) is 0 Å². The Morgan fingerprint density at radius 3 is 2.48 bits per heavy atom. The average molecular weight is 314 g/mol. The van der Waals surface area contributed by atoms with Crippen molar-refractivity contribution in [3.63, 3.8) is 0 Å². The Labute approximate surface area is 136 Å². The predicted molar refractivity (Wildman–Crippen MR) is 92.5 cm³/mol. The average Bonchev–Trinajstić information content (AvgIpc) is 2.60. The number of ether oxygens (including phenoxy) is 2. The summed E-state index contributed by atoms with van der Waals surface area (Å²) in [7, 11) is 5.12. The van der Waals surface area contributed by atoms with Crippen LogP contribution in [-0.2, 0) is 4.79 Å². The van der Waals surface area contributed by atoms with E-state index in [1.54, 1.807) is 32.4 Å². The van der Waals surface area contributed by atoms with Gasteiger partial charge in [0.05, 0.1) is 19.9 Å². The molecular formula is C18H22N2O3. The van der Waals surface area contributed by atoms with Gasteiger partial charge < -0.3 is 19.7 Å². The minimum Gasteiger partial charge on any atom is -0.497 e. The lowest BCUT2D eigenvalue weighted by Crippen LogP contribution is -2.24. The van der Waals surface area contributed by atoms with Gasteiger partial charge >= 0.3 is 0 Å². The molecule has 1 amide bonds. The van der Waals surface area contributed by atoms with Gasteiger partial charge in [-0.05, 0) is 24.3 Å². The number of nitrogens with zero attached hydrogens (tertiary/aromatic N) is 1. The molecule has 2 aromatic carbocycles. The summed E-state index contributed by atoms with van der Waals surface area (Å²) in [6, 6.07) is 15.3. The fourth-order valence-electron chi connectivity index (χ4n) is 2.21. The molecule has 5 heteroatoms. The van der Waals surface area contributed by atoms with E-state index < -0.39 is 0 Å². The lowest BCUT2D eigenvalue weighted by atomic mass is 10.2. The molecule has 0 heterocycles. The first kappa shape index (κ1) is 16.7. The molecule has 0 bridgehead atoms. The van der Waals surface area contributed by atoms with Gasteiger partial charge in [0.25, 0.3) is 0 Å². The zero-order chi connectivity index (χ0) is 16.7. The summed E-state index contributed by atoms with van der Waals surface area (Å²) < 4.78 is 10.4. The van der Waals surface area contributed by atoms with Crippen molar-refractivity contribution in [1.29, 1.82) is 0 Å². The van der Waals surface area contributed by atoms with Crippen LogP contribution in [0.3, 0.4) is 0 Å². The zero-order valence-corrected chi connectivity index (χ0v) is 13.7. The molecule has 2 rings (SSSR count). The first-order valence-electron chi connectivity index (χ1n) is 7.42. The Kier molecular flexibility index (Phi) is 5.86. The van der Waals surface area contributed by atoms with E-state index in [1.165, 1.54) is 0 Å². The predicted octanol–water partition coefficient (Wildman–Crippen LogP) is 3.17. The molecule has 0 fully saturated rings. The van der Waals surface area contributed by atoms with Gasteiger partial charge in [0.1, 0.15) is 11.5 Å². The summed E-state index contributed by atoms with van der Waals surface area (Å²) in [5.74, 6) is 1.21. The molecule has 122 valence electrons. The van der Waals surface area contributed by atoms with Crippen molar-refractivity contribution >= 4 is 17.3 Å². The maximum atomic E-state index is 12.2. The van der Waals surface area contributed by atoms with E-state index in [0.29, 0.717) is 30.2 Å². The van der Waals surface area contributed by atoms with Crippen LogP contribution in [0.25, 0.3) is 0 Å². The largest absolute Gasteiger partial charge is 0.497 e. The number of para-hydroxylation sites is 1. The Morgan fingerprint density at radius 1 is 1.09 bits per heavy atom. The van der Waals surface area contributed by atoms with Crippen LogP contribution in [0.5, 0.6) is 11.5 Å². The smallest absolute Gasteiger partial charge is 0.226 e. The Hall–Kier alpha value is -2.69. The number of amides is 1. The third-order valence-electron chi connectivity index (χ3n) is 3.55. The van der Waals surface area contributed by atoms with Crippen LogP contribution in [0.15, 0.2) is 48.5 Å². The van der Waals surface area contributed by atoms with Crippen molar-refractivity contribution < 1.29 is 14.3 Å². The number of nitrogens with one attached hydrogen (secondary N) is 1. The van der Waals surface area contributed by atoms with Crippen LogP contribution in [-0.4, -0.2) is 33.7 Å². The van der Waals surface area contributed by atoms with Crippen LogP contribution in [0.2, 0.25) is 0 Å². The topological polar surface area (TPSA) is 50.8 Å². The van der Waals surface area contributed by atoms with Gasteiger partial charge in [0.15, 0.2) is 0 Å². The molecule has 23 heavy (non-hydrogen) atoms. The second-order valence-corrected chi connectivity index (χ2v) is 5.12. The molecule has 0 unspecified atom stereocenters. The summed E-state index contributed by atoms with van der Waals surface area (Å²) in [6.45, 7) is 0.627. The standard InChI is InChI=1S/C18H22N2O3/c1-20(14-7-5-4-6-8-14)12-11-18(21)19-16-13-15(22-2)9-10-17(16)23-3/h4-10,13H,11-12H2,1-3H3,(H,19,21). The normalized spacial score (nSPS) is 10.0. The fourth-order valence-corrected chi connectivity index (χ4v) is 2.21. The molecule has 0 atom stereocenters. The molecule has 0 radical (unpaired) electrons. The second kappa shape index (κ2) is 8.08. The number of methoxy groups -OCH3 is 2. The molecule has 2 aromatic rings.